The zero-order valence-electron chi connectivity index (χ0n) is 10.7. The summed E-state index contributed by atoms with van der Waals surface area (Å²) in [6, 6.07) is 8.47. The van der Waals surface area contributed by atoms with Crippen molar-refractivity contribution in [2.75, 3.05) is 10.8 Å². The maximum Gasteiger partial charge on any atom is 0.266 e. The first kappa shape index (κ1) is 15.7. The third-order valence-electron chi connectivity index (χ3n) is 2.62. The molecule has 0 amide bonds. The topological polar surface area (TPSA) is 50.3 Å². The fraction of sp³-hybridized carbons (Fsp3) is 0.154. The largest absolute Gasteiger partial charge is 0.266 e. The molecule has 0 saturated carbocycles. The van der Waals surface area contributed by atoms with Crippen LogP contribution in [0.1, 0.15) is 0 Å². The zero-order chi connectivity index (χ0) is 15.5. The minimum atomic E-state index is -4.13. The highest BCUT2D eigenvalue weighted by molar-refractivity contribution is 7.92. The number of anilines is 1. The Labute approximate surface area is 126 Å². The molecule has 1 aromatic heterocycles. The average molecular weight is 333 g/mol. The Hall–Kier alpha value is -1.73. The van der Waals surface area contributed by atoms with Crippen molar-refractivity contribution < 1.29 is 17.2 Å². The summed E-state index contributed by atoms with van der Waals surface area (Å²) in [6.07, 6.45) is -0.316. The molecule has 0 unspecified atom stereocenters. The number of hydrogen-bond donors (Lipinski definition) is 0. The van der Waals surface area contributed by atoms with Crippen LogP contribution >= 0.6 is 11.6 Å². The Morgan fingerprint density at radius 1 is 1.24 bits per heavy atom. The molecule has 4 nitrogen and oxygen atoms in total. The van der Waals surface area contributed by atoms with Crippen LogP contribution in [0, 0.1) is 0 Å². The van der Waals surface area contributed by atoms with E-state index in [9.17, 15) is 17.2 Å². The molecule has 0 fully saturated rings. The number of rotatable bonds is 5. The van der Waals surface area contributed by atoms with Crippen LogP contribution in [0.4, 0.5) is 14.5 Å². The predicted molar refractivity (Wildman–Crippen MR) is 76.2 cm³/mol. The summed E-state index contributed by atoms with van der Waals surface area (Å²) < 4.78 is 51.1. The Morgan fingerprint density at radius 3 is 2.57 bits per heavy atom. The van der Waals surface area contributed by atoms with E-state index in [1.807, 2.05) is 0 Å². The normalized spacial score (nSPS) is 11.6. The molecule has 0 radical (unpaired) electrons. The third-order valence-corrected chi connectivity index (χ3v) is 4.63. The second-order valence-corrected chi connectivity index (χ2v) is 6.39. The molecule has 0 aliphatic carbocycles. The summed E-state index contributed by atoms with van der Waals surface area (Å²) >= 11 is 5.80. The van der Waals surface area contributed by atoms with Crippen LogP contribution in [0.5, 0.6) is 0 Å². The zero-order valence-corrected chi connectivity index (χ0v) is 12.2. The average Bonchev–Trinajstić information content (AvgIpc) is 2.45. The van der Waals surface area contributed by atoms with Gasteiger partial charge in [-0.25, -0.2) is 17.2 Å². The van der Waals surface area contributed by atoms with Crippen LogP contribution in [0.15, 0.2) is 53.7 Å². The van der Waals surface area contributed by atoms with E-state index in [4.69, 9.17) is 11.6 Å². The highest BCUT2D eigenvalue weighted by Gasteiger charge is 2.28. The number of alkyl halides is 2. The van der Waals surface area contributed by atoms with E-state index < -0.39 is 23.0 Å². The van der Waals surface area contributed by atoms with Gasteiger partial charge in [0.05, 0.1) is 12.2 Å². The van der Waals surface area contributed by atoms with Crippen molar-refractivity contribution in [3.63, 3.8) is 0 Å². The maximum absolute atomic E-state index is 12.8. The molecule has 1 heterocycles. The number of nitrogens with zero attached hydrogens (tertiary/aromatic N) is 2. The smallest absolute Gasteiger partial charge is 0.263 e. The second kappa shape index (κ2) is 6.36. The van der Waals surface area contributed by atoms with Gasteiger partial charge in [0.15, 0.2) is 0 Å². The van der Waals surface area contributed by atoms with Crippen LogP contribution in [0.25, 0.3) is 0 Å². The fourth-order valence-corrected chi connectivity index (χ4v) is 3.31. The molecule has 1 aromatic carbocycles. The van der Waals surface area contributed by atoms with Crippen molar-refractivity contribution >= 4 is 27.3 Å². The first-order valence-electron chi connectivity index (χ1n) is 5.88. The quantitative estimate of drug-likeness (QED) is 0.845. The van der Waals surface area contributed by atoms with Gasteiger partial charge < -0.3 is 0 Å². The standard InChI is InChI=1S/C13H11ClF2N2O2S/c14-10-3-1-4-11(7-10)18(9-13(15)16)21(19,20)12-5-2-6-17-8-12/h1-8,13H,9H2. The molecule has 0 atom stereocenters. The molecule has 8 heteroatoms. The summed E-state index contributed by atoms with van der Waals surface area (Å²) in [7, 11) is -4.13. The van der Waals surface area contributed by atoms with Crippen molar-refractivity contribution in [2.45, 2.75) is 11.3 Å². The summed E-state index contributed by atoms with van der Waals surface area (Å²) in [5.74, 6) is 0. The molecule has 0 aliphatic heterocycles. The van der Waals surface area contributed by atoms with Crippen LogP contribution in [0.3, 0.4) is 0 Å². The minimum absolute atomic E-state index is 0.0756. The van der Waals surface area contributed by atoms with E-state index in [0.717, 1.165) is 6.20 Å². The molecule has 0 spiro atoms. The molecule has 0 N–H and O–H groups in total. The van der Waals surface area contributed by atoms with Gasteiger partial charge in [0.1, 0.15) is 4.90 Å². The molecule has 0 saturated heterocycles. The van der Waals surface area contributed by atoms with Gasteiger partial charge in [0.2, 0.25) is 0 Å². The van der Waals surface area contributed by atoms with E-state index in [0.29, 0.717) is 4.31 Å². The third kappa shape index (κ3) is 3.68. The summed E-state index contributed by atoms with van der Waals surface area (Å²) in [5, 5.41) is 0.258. The Balaban J connectivity index is 2.50. The number of aromatic nitrogens is 1. The van der Waals surface area contributed by atoms with Gasteiger partial charge in [-0.2, -0.15) is 0 Å². The molecule has 2 aromatic rings. The van der Waals surface area contributed by atoms with Crippen LogP contribution in [-0.4, -0.2) is 26.4 Å². The van der Waals surface area contributed by atoms with Gasteiger partial charge in [0.25, 0.3) is 16.4 Å². The highest BCUT2D eigenvalue weighted by Crippen LogP contribution is 2.26. The lowest BCUT2D eigenvalue weighted by atomic mass is 10.3. The van der Waals surface area contributed by atoms with E-state index in [-0.39, 0.29) is 15.6 Å². The lowest BCUT2D eigenvalue weighted by Crippen LogP contribution is -2.35. The van der Waals surface area contributed by atoms with Crippen molar-refractivity contribution in [3.05, 3.63) is 53.8 Å². The van der Waals surface area contributed by atoms with Gasteiger partial charge in [-0.05, 0) is 30.3 Å². The number of sulfonamides is 1. The van der Waals surface area contributed by atoms with Gasteiger partial charge in [-0.15, -0.1) is 0 Å². The molecule has 0 bridgehead atoms. The van der Waals surface area contributed by atoms with Crippen LogP contribution in [-0.2, 0) is 10.0 Å². The lowest BCUT2D eigenvalue weighted by Gasteiger charge is -2.24. The molecule has 0 aliphatic rings. The van der Waals surface area contributed by atoms with E-state index in [1.165, 1.54) is 42.6 Å². The SMILES string of the molecule is O=S(=O)(c1cccnc1)N(CC(F)F)c1cccc(Cl)c1. The molecule has 2 rings (SSSR count). The molecule has 21 heavy (non-hydrogen) atoms. The monoisotopic (exact) mass is 332 g/mol. The predicted octanol–water partition coefficient (Wildman–Crippen LogP) is 3.20. The Morgan fingerprint density at radius 2 is 2.00 bits per heavy atom. The van der Waals surface area contributed by atoms with Gasteiger partial charge in [-0.3, -0.25) is 9.29 Å². The Bertz CT molecular complexity index is 711. The minimum Gasteiger partial charge on any atom is -0.263 e. The van der Waals surface area contributed by atoms with Crippen LogP contribution < -0.4 is 4.31 Å². The number of benzene rings is 1. The van der Waals surface area contributed by atoms with Crippen molar-refractivity contribution in [1.82, 2.24) is 4.98 Å². The summed E-state index contributed by atoms with van der Waals surface area (Å²) in [6.45, 7) is -0.961. The first-order valence-corrected chi connectivity index (χ1v) is 7.69. The van der Waals surface area contributed by atoms with Crippen molar-refractivity contribution in [1.29, 1.82) is 0 Å². The highest BCUT2D eigenvalue weighted by atomic mass is 35.5. The van der Waals surface area contributed by atoms with Crippen LogP contribution in [0.2, 0.25) is 5.02 Å². The van der Waals surface area contributed by atoms with Gasteiger partial charge in [-0.1, -0.05) is 17.7 Å². The van der Waals surface area contributed by atoms with E-state index in [1.54, 1.807) is 0 Å². The van der Waals surface area contributed by atoms with E-state index in [2.05, 4.69) is 4.98 Å². The van der Waals surface area contributed by atoms with E-state index >= 15 is 0 Å². The van der Waals surface area contributed by atoms with Crippen molar-refractivity contribution in [2.24, 2.45) is 0 Å². The number of pyridine rings is 1. The summed E-state index contributed by atoms with van der Waals surface area (Å²) in [4.78, 5) is 3.54. The molecule has 112 valence electrons. The fourth-order valence-electron chi connectivity index (χ4n) is 1.73. The summed E-state index contributed by atoms with van der Waals surface area (Å²) in [5.41, 5.74) is 0.0756. The number of halogens is 3. The van der Waals surface area contributed by atoms with Gasteiger partial charge >= 0.3 is 0 Å². The molecular weight excluding hydrogens is 322 g/mol. The molecular formula is C13H11ClF2N2O2S. The maximum atomic E-state index is 12.8. The number of hydrogen-bond acceptors (Lipinski definition) is 3. The Kier molecular flexibility index (Phi) is 4.74. The lowest BCUT2D eigenvalue weighted by molar-refractivity contribution is 0.159. The second-order valence-electron chi connectivity index (χ2n) is 4.10. The van der Waals surface area contributed by atoms with Gasteiger partial charge in [0, 0.05) is 17.4 Å². The van der Waals surface area contributed by atoms with Crippen molar-refractivity contribution in [3.8, 4) is 0 Å². The first-order chi connectivity index (χ1) is 9.91.